The van der Waals surface area contributed by atoms with Crippen LogP contribution in [0, 0.1) is 11.3 Å². The summed E-state index contributed by atoms with van der Waals surface area (Å²) in [6.45, 7) is 1.47. The molecule has 0 saturated carbocycles. The topological polar surface area (TPSA) is 95.3 Å². The van der Waals surface area contributed by atoms with Crippen molar-refractivity contribution in [2.75, 3.05) is 11.4 Å². The quantitative estimate of drug-likeness (QED) is 0.746. The lowest BCUT2D eigenvalue weighted by atomic mass is 9.98. The van der Waals surface area contributed by atoms with Crippen LogP contribution in [0.5, 0.6) is 0 Å². The number of nitrogens with one attached hydrogen (secondary N) is 1. The lowest BCUT2D eigenvalue weighted by molar-refractivity contribution is -0.138. The number of hydrogen-bond donors (Lipinski definition) is 1. The highest BCUT2D eigenvalue weighted by Gasteiger charge is 2.38. The van der Waals surface area contributed by atoms with Crippen LogP contribution in [-0.4, -0.2) is 22.3 Å². The van der Waals surface area contributed by atoms with Crippen LogP contribution in [0.1, 0.15) is 29.8 Å². The monoisotopic (exact) mass is 436 g/mol. The first-order chi connectivity index (χ1) is 14.2. The molecule has 1 aromatic heterocycles. The fourth-order valence-corrected chi connectivity index (χ4v) is 4.22. The molecule has 0 bridgehead atoms. The minimum atomic E-state index is -4.58. The molecular formula is C19H15F3N4O3S. The molecule has 1 aliphatic rings. The number of benzene rings is 1. The highest BCUT2D eigenvalue weighted by molar-refractivity contribution is 7.84. The first-order valence-electron chi connectivity index (χ1n) is 8.48. The summed E-state index contributed by atoms with van der Waals surface area (Å²) in [6, 6.07) is 8.24. The third-order valence-corrected chi connectivity index (χ3v) is 5.67. The van der Waals surface area contributed by atoms with Crippen molar-refractivity contribution < 1.29 is 26.9 Å². The summed E-state index contributed by atoms with van der Waals surface area (Å²) < 4.78 is 60.9. The van der Waals surface area contributed by atoms with Crippen molar-refractivity contribution in [3.63, 3.8) is 0 Å². The van der Waals surface area contributed by atoms with Crippen molar-refractivity contribution >= 4 is 22.8 Å². The van der Waals surface area contributed by atoms with Crippen LogP contribution in [0.4, 0.5) is 18.9 Å². The number of rotatable bonds is 3. The van der Waals surface area contributed by atoms with Gasteiger partial charge < -0.3 is 4.74 Å². The van der Waals surface area contributed by atoms with Crippen molar-refractivity contribution in [2.45, 2.75) is 19.1 Å². The van der Waals surface area contributed by atoms with Crippen LogP contribution in [-0.2, 0) is 26.9 Å². The van der Waals surface area contributed by atoms with Gasteiger partial charge in [0.05, 0.1) is 30.0 Å². The van der Waals surface area contributed by atoms with E-state index in [1.54, 1.807) is 0 Å². The van der Waals surface area contributed by atoms with Gasteiger partial charge in [-0.2, -0.15) is 18.4 Å². The summed E-state index contributed by atoms with van der Waals surface area (Å²) in [4.78, 5) is 16.4. The second-order valence-electron chi connectivity index (χ2n) is 6.22. The Morgan fingerprint density at radius 3 is 2.63 bits per heavy atom. The zero-order valence-electron chi connectivity index (χ0n) is 15.7. The molecule has 0 aliphatic carbocycles. The summed E-state index contributed by atoms with van der Waals surface area (Å²) >= 11 is -2.01. The number of hydrogen-bond acceptors (Lipinski definition) is 5. The molecule has 2 heterocycles. The minimum absolute atomic E-state index is 0.00837. The van der Waals surface area contributed by atoms with E-state index in [1.165, 1.54) is 37.4 Å². The van der Waals surface area contributed by atoms with Crippen LogP contribution < -0.4 is 9.03 Å². The Morgan fingerprint density at radius 1 is 1.33 bits per heavy atom. The van der Waals surface area contributed by atoms with Crippen LogP contribution in [0.25, 0.3) is 0 Å². The number of nitrogens with zero attached hydrogens (tertiary/aromatic N) is 3. The average Bonchev–Trinajstić information content (AvgIpc) is 2.72. The normalized spacial score (nSPS) is 19.4. The van der Waals surface area contributed by atoms with E-state index >= 15 is 0 Å². The van der Waals surface area contributed by atoms with Gasteiger partial charge in [-0.25, -0.2) is 18.7 Å². The molecule has 0 fully saturated rings. The summed E-state index contributed by atoms with van der Waals surface area (Å²) in [5.74, 6) is -0.747. The molecule has 0 saturated heterocycles. The number of aromatic nitrogens is 1. The van der Waals surface area contributed by atoms with Gasteiger partial charge in [-0.15, -0.1) is 0 Å². The molecule has 1 aromatic carbocycles. The largest absolute Gasteiger partial charge is 0.466 e. The van der Waals surface area contributed by atoms with E-state index in [9.17, 15) is 22.2 Å². The Morgan fingerprint density at radius 2 is 2.07 bits per heavy atom. The molecule has 11 heteroatoms. The molecule has 0 spiro atoms. The maximum Gasteiger partial charge on any atom is 0.416 e. The van der Waals surface area contributed by atoms with E-state index in [2.05, 4.69) is 9.71 Å². The van der Waals surface area contributed by atoms with Gasteiger partial charge in [-0.1, -0.05) is 12.1 Å². The summed E-state index contributed by atoms with van der Waals surface area (Å²) in [6.07, 6.45) is -3.23. The van der Waals surface area contributed by atoms with E-state index < -0.39 is 34.9 Å². The second-order valence-corrected chi connectivity index (χ2v) is 7.32. The molecule has 156 valence electrons. The smallest absolute Gasteiger partial charge is 0.416 e. The number of allylic oxidation sites excluding steroid dienone is 1. The molecule has 7 nitrogen and oxygen atoms in total. The fourth-order valence-electron chi connectivity index (χ4n) is 3.01. The predicted molar refractivity (Wildman–Crippen MR) is 102 cm³/mol. The molecule has 0 amide bonds. The SMILES string of the molecule is COC(=O)C1=C(C)N(c2cccc(C(F)(F)F)c2)S(=O)NC1c1ccc(C#N)nc1. The average molecular weight is 436 g/mol. The Bertz CT molecular complexity index is 1080. The second kappa shape index (κ2) is 8.25. The first-order valence-corrected chi connectivity index (χ1v) is 9.58. The first kappa shape index (κ1) is 21.5. The van der Waals surface area contributed by atoms with E-state index in [-0.39, 0.29) is 22.7 Å². The summed E-state index contributed by atoms with van der Waals surface area (Å²) in [7, 11) is 1.16. The van der Waals surface area contributed by atoms with Gasteiger partial charge in [-0.3, -0.25) is 4.31 Å². The van der Waals surface area contributed by atoms with Crippen molar-refractivity contribution in [2.24, 2.45) is 0 Å². The number of pyridine rings is 1. The standard InChI is InChI=1S/C19H15F3N4O3S/c1-11-16(18(27)29-2)17(12-6-7-14(9-23)24-10-12)25-30(28)26(11)15-5-3-4-13(8-15)19(20,21)22/h3-8,10,17,25H,1-2H3. The number of methoxy groups -OCH3 is 1. The molecule has 3 rings (SSSR count). The number of halogens is 3. The van der Waals surface area contributed by atoms with Gasteiger partial charge in [0, 0.05) is 11.9 Å². The van der Waals surface area contributed by atoms with Crippen LogP contribution in [0.15, 0.2) is 53.9 Å². The van der Waals surface area contributed by atoms with Crippen molar-refractivity contribution in [3.05, 3.63) is 70.7 Å². The molecule has 0 radical (unpaired) electrons. The predicted octanol–water partition coefficient (Wildman–Crippen LogP) is 3.15. The van der Waals surface area contributed by atoms with Gasteiger partial charge >= 0.3 is 12.1 Å². The number of carbonyl (C=O) groups excluding carboxylic acids is 1. The van der Waals surface area contributed by atoms with Crippen molar-refractivity contribution in [3.8, 4) is 6.07 Å². The Labute approximate surface area is 172 Å². The maximum absolute atomic E-state index is 13.1. The number of esters is 1. The Hall–Kier alpha value is -3.23. The van der Waals surface area contributed by atoms with Crippen molar-refractivity contribution in [1.82, 2.24) is 9.71 Å². The van der Waals surface area contributed by atoms with Gasteiger partial charge in [0.1, 0.15) is 11.8 Å². The highest BCUT2D eigenvalue weighted by Crippen LogP contribution is 2.37. The van der Waals surface area contributed by atoms with E-state index in [0.29, 0.717) is 5.56 Å². The van der Waals surface area contributed by atoms with Crippen molar-refractivity contribution in [1.29, 1.82) is 5.26 Å². The number of ether oxygens (including phenoxy) is 1. The van der Waals surface area contributed by atoms with Gasteiger partial charge in [0.15, 0.2) is 0 Å². The third kappa shape index (κ3) is 4.05. The van der Waals surface area contributed by atoms with Gasteiger partial charge in [0.25, 0.3) is 0 Å². The fraction of sp³-hybridized carbons (Fsp3) is 0.211. The van der Waals surface area contributed by atoms with Gasteiger partial charge in [-0.05, 0) is 36.8 Å². The van der Waals surface area contributed by atoms with Crippen LogP contribution in [0.3, 0.4) is 0 Å². The lowest BCUT2D eigenvalue weighted by Crippen LogP contribution is -2.44. The Balaban J connectivity index is 2.13. The molecular weight excluding hydrogens is 421 g/mol. The van der Waals surface area contributed by atoms with E-state index in [0.717, 1.165) is 23.5 Å². The lowest BCUT2D eigenvalue weighted by Gasteiger charge is -2.35. The molecule has 2 atom stereocenters. The summed E-state index contributed by atoms with van der Waals surface area (Å²) in [5.41, 5.74) is -0.116. The zero-order chi connectivity index (χ0) is 22.1. The molecule has 30 heavy (non-hydrogen) atoms. The maximum atomic E-state index is 13.1. The molecule has 1 N–H and O–H groups in total. The van der Waals surface area contributed by atoms with Crippen LogP contribution >= 0.6 is 0 Å². The van der Waals surface area contributed by atoms with Gasteiger partial charge in [0.2, 0.25) is 11.2 Å². The van der Waals surface area contributed by atoms with Crippen LogP contribution in [0.2, 0.25) is 0 Å². The van der Waals surface area contributed by atoms with E-state index in [1.807, 2.05) is 6.07 Å². The number of carbonyl (C=O) groups is 1. The third-order valence-electron chi connectivity index (χ3n) is 4.42. The molecule has 2 aromatic rings. The number of anilines is 1. The highest BCUT2D eigenvalue weighted by atomic mass is 32.2. The number of nitriles is 1. The molecule has 1 aliphatic heterocycles. The minimum Gasteiger partial charge on any atom is -0.466 e. The summed E-state index contributed by atoms with van der Waals surface area (Å²) in [5, 5.41) is 8.89. The zero-order valence-corrected chi connectivity index (χ0v) is 16.5. The number of alkyl halides is 3. The molecule has 2 unspecified atom stereocenters. The Kier molecular flexibility index (Phi) is 5.91. The van der Waals surface area contributed by atoms with E-state index in [4.69, 9.17) is 10.00 Å².